The minimum atomic E-state index is -0.543. The molecule has 0 bridgehead atoms. The van der Waals surface area contributed by atoms with Crippen molar-refractivity contribution in [2.24, 2.45) is 0 Å². The number of hydrogen-bond acceptors (Lipinski definition) is 4. The monoisotopic (exact) mass is 340 g/mol. The third-order valence-corrected chi connectivity index (χ3v) is 3.17. The van der Waals surface area contributed by atoms with E-state index in [4.69, 9.17) is 27.9 Å². The molecule has 0 heterocycles. The molecule has 8 heteroatoms. The number of nitrogens with one attached hydrogen (secondary N) is 1. The fourth-order valence-corrected chi connectivity index (χ4v) is 1.95. The van der Waals surface area contributed by atoms with Crippen LogP contribution in [0.5, 0.6) is 5.75 Å². The molecular weight excluding hydrogens is 331 g/mol. The molecule has 0 aliphatic carbocycles. The van der Waals surface area contributed by atoms with Gasteiger partial charge in [-0.3, -0.25) is 14.9 Å². The molecule has 2 aromatic carbocycles. The van der Waals surface area contributed by atoms with E-state index in [0.29, 0.717) is 15.7 Å². The van der Waals surface area contributed by atoms with Crippen LogP contribution in [0.2, 0.25) is 10.0 Å². The highest BCUT2D eigenvalue weighted by molar-refractivity contribution is 6.35. The van der Waals surface area contributed by atoms with Gasteiger partial charge in [0.15, 0.2) is 6.61 Å². The summed E-state index contributed by atoms with van der Waals surface area (Å²) in [7, 11) is 0. The van der Waals surface area contributed by atoms with E-state index in [9.17, 15) is 14.9 Å². The lowest BCUT2D eigenvalue weighted by Crippen LogP contribution is -2.20. The number of benzene rings is 2. The molecule has 2 aromatic rings. The lowest BCUT2D eigenvalue weighted by molar-refractivity contribution is -0.384. The zero-order valence-electron chi connectivity index (χ0n) is 11.1. The van der Waals surface area contributed by atoms with Crippen LogP contribution >= 0.6 is 23.2 Å². The van der Waals surface area contributed by atoms with Crippen LogP contribution in [0.15, 0.2) is 42.5 Å². The molecule has 1 amide bonds. The van der Waals surface area contributed by atoms with Crippen LogP contribution in [0.25, 0.3) is 0 Å². The van der Waals surface area contributed by atoms with E-state index in [2.05, 4.69) is 5.32 Å². The third kappa shape index (κ3) is 4.34. The Kier molecular flexibility index (Phi) is 5.19. The largest absolute Gasteiger partial charge is 0.484 e. The van der Waals surface area contributed by atoms with Crippen LogP contribution in [0.1, 0.15) is 0 Å². The third-order valence-electron chi connectivity index (χ3n) is 2.60. The second-order valence-electron chi connectivity index (χ2n) is 4.22. The van der Waals surface area contributed by atoms with E-state index in [0.717, 1.165) is 0 Å². The highest BCUT2D eigenvalue weighted by Crippen LogP contribution is 2.25. The van der Waals surface area contributed by atoms with Crippen molar-refractivity contribution in [1.82, 2.24) is 0 Å². The Bertz CT molecular complexity index is 722. The summed E-state index contributed by atoms with van der Waals surface area (Å²) < 4.78 is 5.21. The van der Waals surface area contributed by atoms with Crippen molar-refractivity contribution in [3.05, 3.63) is 62.6 Å². The Morgan fingerprint density at radius 3 is 2.73 bits per heavy atom. The maximum absolute atomic E-state index is 11.8. The summed E-state index contributed by atoms with van der Waals surface area (Å²) in [6.45, 7) is -0.315. The quantitative estimate of drug-likeness (QED) is 0.660. The first-order chi connectivity index (χ1) is 10.5. The number of carbonyl (C=O) groups is 1. The maximum Gasteiger partial charge on any atom is 0.273 e. The van der Waals surface area contributed by atoms with E-state index in [-0.39, 0.29) is 18.0 Å². The van der Waals surface area contributed by atoms with Gasteiger partial charge in [-0.15, -0.1) is 0 Å². The molecule has 0 atom stereocenters. The van der Waals surface area contributed by atoms with Gasteiger partial charge in [0.1, 0.15) is 5.75 Å². The van der Waals surface area contributed by atoms with Crippen LogP contribution in [0.3, 0.4) is 0 Å². The standard InChI is InChI=1S/C14H10Cl2N2O4/c15-9-4-5-12(16)13(6-9)17-14(19)8-22-11-3-1-2-10(7-11)18(20)21/h1-7H,8H2,(H,17,19). The van der Waals surface area contributed by atoms with Crippen LogP contribution in [-0.2, 0) is 4.79 Å². The summed E-state index contributed by atoms with van der Waals surface area (Å²) in [6, 6.07) is 10.2. The average Bonchev–Trinajstić information content (AvgIpc) is 2.49. The number of amides is 1. The minimum Gasteiger partial charge on any atom is -0.484 e. The van der Waals surface area contributed by atoms with Gasteiger partial charge in [-0.1, -0.05) is 29.3 Å². The van der Waals surface area contributed by atoms with Crippen LogP contribution in [-0.4, -0.2) is 17.4 Å². The summed E-state index contributed by atoms with van der Waals surface area (Å²) in [5, 5.41) is 14.0. The van der Waals surface area contributed by atoms with Crippen molar-refractivity contribution in [3.63, 3.8) is 0 Å². The summed E-state index contributed by atoms with van der Waals surface area (Å²) >= 11 is 11.7. The molecular formula is C14H10Cl2N2O4. The summed E-state index contributed by atoms with van der Waals surface area (Å²) in [5.74, 6) is -0.239. The maximum atomic E-state index is 11.8. The first kappa shape index (κ1) is 16.1. The number of rotatable bonds is 5. The van der Waals surface area contributed by atoms with E-state index in [1.807, 2.05) is 0 Å². The van der Waals surface area contributed by atoms with Gasteiger partial charge in [0, 0.05) is 11.1 Å². The lowest BCUT2D eigenvalue weighted by Gasteiger charge is -2.09. The van der Waals surface area contributed by atoms with E-state index in [1.54, 1.807) is 12.1 Å². The smallest absolute Gasteiger partial charge is 0.273 e. The van der Waals surface area contributed by atoms with Crippen molar-refractivity contribution in [1.29, 1.82) is 0 Å². The van der Waals surface area contributed by atoms with Gasteiger partial charge >= 0.3 is 0 Å². The normalized spacial score (nSPS) is 10.1. The number of ether oxygens (including phenoxy) is 1. The highest BCUT2D eigenvalue weighted by atomic mass is 35.5. The van der Waals surface area contributed by atoms with Crippen molar-refractivity contribution < 1.29 is 14.5 Å². The van der Waals surface area contributed by atoms with Crippen molar-refractivity contribution >= 4 is 40.5 Å². The van der Waals surface area contributed by atoms with Crippen LogP contribution < -0.4 is 10.1 Å². The summed E-state index contributed by atoms with van der Waals surface area (Å²) in [4.78, 5) is 21.9. The fourth-order valence-electron chi connectivity index (χ4n) is 1.62. The Morgan fingerprint density at radius 2 is 2.00 bits per heavy atom. The topological polar surface area (TPSA) is 81.5 Å². The number of non-ortho nitro benzene ring substituents is 1. The molecule has 0 spiro atoms. The molecule has 0 aliphatic heterocycles. The molecule has 1 N–H and O–H groups in total. The molecule has 0 saturated carbocycles. The molecule has 0 unspecified atom stereocenters. The summed E-state index contributed by atoms with van der Waals surface area (Å²) in [5.41, 5.74) is 0.248. The van der Waals surface area contributed by atoms with E-state index < -0.39 is 10.8 Å². The Balaban J connectivity index is 1.97. The average molecular weight is 341 g/mol. The second kappa shape index (κ2) is 7.11. The number of nitro groups is 1. The first-order valence-corrected chi connectivity index (χ1v) is 6.83. The molecule has 6 nitrogen and oxygen atoms in total. The van der Waals surface area contributed by atoms with Gasteiger partial charge in [0.05, 0.1) is 21.7 Å². The fraction of sp³-hybridized carbons (Fsp3) is 0.0714. The number of nitrogens with zero attached hydrogens (tertiary/aromatic N) is 1. The van der Waals surface area contributed by atoms with Gasteiger partial charge in [0.25, 0.3) is 11.6 Å². The number of anilines is 1. The van der Waals surface area contributed by atoms with Gasteiger partial charge in [0.2, 0.25) is 0 Å². The SMILES string of the molecule is O=C(COc1cccc([N+](=O)[O-])c1)Nc1cc(Cl)ccc1Cl. The molecule has 114 valence electrons. The number of halogens is 2. The zero-order chi connectivity index (χ0) is 16.1. The number of carbonyl (C=O) groups excluding carboxylic acids is 1. The minimum absolute atomic E-state index is 0.115. The van der Waals surface area contributed by atoms with E-state index in [1.165, 1.54) is 30.3 Å². The number of nitro benzene ring substituents is 1. The number of hydrogen-bond donors (Lipinski definition) is 1. The first-order valence-electron chi connectivity index (χ1n) is 6.08. The van der Waals surface area contributed by atoms with Gasteiger partial charge in [-0.2, -0.15) is 0 Å². The van der Waals surface area contributed by atoms with Crippen LogP contribution in [0, 0.1) is 10.1 Å². The Morgan fingerprint density at radius 1 is 1.23 bits per heavy atom. The molecule has 0 radical (unpaired) electrons. The Labute approximate surface area is 135 Å². The van der Waals surface area contributed by atoms with Crippen molar-refractivity contribution in [2.75, 3.05) is 11.9 Å². The zero-order valence-corrected chi connectivity index (χ0v) is 12.6. The molecule has 0 aromatic heterocycles. The van der Waals surface area contributed by atoms with E-state index >= 15 is 0 Å². The molecule has 0 saturated heterocycles. The molecule has 2 rings (SSSR count). The highest BCUT2D eigenvalue weighted by Gasteiger charge is 2.10. The molecule has 0 fully saturated rings. The van der Waals surface area contributed by atoms with Crippen LogP contribution in [0.4, 0.5) is 11.4 Å². The lowest BCUT2D eigenvalue weighted by atomic mass is 10.3. The van der Waals surface area contributed by atoms with Gasteiger partial charge in [-0.25, -0.2) is 0 Å². The van der Waals surface area contributed by atoms with Gasteiger partial charge < -0.3 is 10.1 Å². The second-order valence-corrected chi connectivity index (χ2v) is 5.06. The predicted octanol–water partition coefficient (Wildman–Crippen LogP) is 3.92. The molecule has 0 aliphatic rings. The molecule has 22 heavy (non-hydrogen) atoms. The predicted molar refractivity (Wildman–Crippen MR) is 83.7 cm³/mol. The van der Waals surface area contributed by atoms with Crippen molar-refractivity contribution in [2.45, 2.75) is 0 Å². The summed E-state index contributed by atoms with van der Waals surface area (Å²) in [6.07, 6.45) is 0. The van der Waals surface area contributed by atoms with Crippen molar-refractivity contribution in [3.8, 4) is 5.75 Å². The Hall–Kier alpha value is -2.31. The van der Waals surface area contributed by atoms with Gasteiger partial charge in [-0.05, 0) is 24.3 Å².